The number of primary amides is 1. The second-order valence-electron chi connectivity index (χ2n) is 13.2. The van der Waals surface area contributed by atoms with Gasteiger partial charge in [-0.1, -0.05) is 12.1 Å². The number of amides is 2. The summed E-state index contributed by atoms with van der Waals surface area (Å²) in [6.07, 6.45) is 5.84. The molecule has 4 heterocycles. The quantitative estimate of drug-likeness (QED) is 0.325. The number of carbonyl (C=O) groups excluding carboxylic acids is 2. The SMILES string of the molecule is CC1CN(C2COC2)CCN1c1ccc(Nc2nc(N3CCC[C@@H](NC(=O)c4ccc(C5CC5)cc4)[C@H]3C)cnc2C(N)=O)cc1. The number of hydrogen-bond donors (Lipinski definition) is 3. The van der Waals surface area contributed by atoms with Crippen molar-refractivity contribution in [3.05, 3.63) is 71.5 Å². The van der Waals surface area contributed by atoms with Crippen LogP contribution in [0.2, 0.25) is 0 Å². The number of piperidine rings is 1. The van der Waals surface area contributed by atoms with Crippen molar-refractivity contribution in [1.82, 2.24) is 20.2 Å². The number of nitrogens with zero attached hydrogens (tertiary/aromatic N) is 5. The molecule has 11 heteroatoms. The van der Waals surface area contributed by atoms with E-state index in [1.54, 1.807) is 6.20 Å². The number of anilines is 4. The summed E-state index contributed by atoms with van der Waals surface area (Å²) in [5, 5.41) is 6.55. The van der Waals surface area contributed by atoms with Gasteiger partial charge < -0.3 is 30.9 Å². The van der Waals surface area contributed by atoms with Gasteiger partial charge >= 0.3 is 0 Å². The normalized spacial score (nSPS) is 23.9. The van der Waals surface area contributed by atoms with Crippen LogP contribution in [0.3, 0.4) is 0 Å². The standard InChI is InChI=1S/C35H44N8O3/c1-22-19-41(29-20-46-21-29)16-17-42(22)28-13-11-27(12-14-28)38-34-32(33(36)44)37-18-31(40-34)43-15-3-4-30(23(43)2)39-35(45)26-9-7-25(8-10-26)24-5-6-24/h7-14,18,22-24,29-30H,3-6,15-17,19-21H2,1-2H3,(H2,36,44)(H,38,40)(H,39,45)/t22?,23-,30-/m1/s1. The zero-order valence-electron chi connectivity index (χ0n) is 26.7. The van der Waals surface area contributed by atoms with Gasteiger partial charge in [-0.05, 0) is 87.4 Å². The number of nitrogens with one attached hydrogen (secondary N) is 2. The van der Waals surface area contributed by atoms with E-state index in [2.05, 4.69) is 68.4 Å². The summed E-state index contributed by atoms with van der Waals surface area (Å²) < 4.78 is 5.39. The first-order chi connectivity index (χ1) is 22.3. The monoisotopic (exact) mass is 624 g/mol. The van der Waals surface area contributed by atoms with Gasteiger partial charge in [-0.25, -0.2) is 9.97 Å². The van der Waals surface area contributed by atoms with E-state index < -0.39 is 5.91 Å². The molecule has 3 aromatic rings. The Labute approximate surface area is 270 Å². The Morgan fingerprint density at radius 1 is 0.935 bits per heavy atom. The fourth-order valence-corrected chi connectivity index (χ4v) is 7.03. The van der Waals surface area contributed by atoms with Gasteiger partial charge in [-0.3, -0.25) is 14.5 Å². The second kappa shape index (κ2) is 12.9. The maximum absolute atomic E-state index is 13.1. The third-order valence-electron chi connectivity index (χ3n) is 10.1. The predicted molar refractivity (Wildman–Crippen MR) is 179 cm³/mol. The summed E-state index contributed by atoms with van der Waals surface area (Å²) in [5.41, 5.74) is 9.74. The molecular weight excluding hydrogens is 580 g/mol. The summed E-state index contributed by atoms with van der Waals surface area (Å²) in [6.45, 7) is 9.81. The third-order valence-corrected chi connectivity index (χ3v) is 10.1. The number of benzene rings is 2. The van der Waals surface area contributed by atoms with E-state index in [0.717, 1.165) is 63.6 Å². The molecule has 2 aromatic carbocycles. The van der Waals surface area contributed by atoms with E-state index in [-0.39, 0.29) is 23.7 Å². The van der Waals surface area contributed by atoms with Crippen molar-refractivity contribution < 1.29 is 14.3 Å². The topological polar surface area (TPSA) is 129 Å². The van der Waals surface area contributed by atoms with Crippen LogP contribution in [0.5, 0.6) is 0 Å². The Hall–Kier alpha value is -4.22. The molecule has 0 radical (unpaired) electrons. The molecule has 1 aromatic heterocycles. The lowest BCUT2D eigenvalue weighted by Gasteiger charge is -2.46. The van der Waals surface area contributed by atoms with Crippen molar-refractivity contribution in [3.63, 3.8) is 0 Å². The van der Waals surface area contributed by atoms with E-state index in [1.807, 2.05) is 24.3 Å². The van der Waals surface area contributed by atoms with Crippen LogP contribution in [-0.4, -0.2) is 90.2 Å². The summed E-state index contributed by atoms with van der Waals surface area (Å²) in [5.74, 6) is 0.898. The van der Waals surface area contributed by atoms with Crippen LogP contribution >= 0.6 is 0 Å². The van der Waals surface area contributed by atoms with Gasteiger partial charge in [0.15, 0.2) is 11.5 Å². The van der Waals surface area contributed by atoms with Crippen LogP contribution in [-0.2, 0) is 4.74 Å². The van der Waals surface area contributed by atoms with Gasteiger partial charge in [0.05, 0.1) is 25.5 Å². The summed E-state index contributed by atoms with van der Waals surface area (Å²) in [6, 6.07) is 17.1. The Balaban J connectivity index is 1.02. The first-order valence-corrected chi connectivity index (χ1v) is 16.6. The van der Waals surface area contributed by atoms with Crippen molar-refractivity contribution in [2.45, 2.75) is 69.6 Å². The summed E-state index contributed by atoms with van der Waals surface area (Å²) in [4.78, 5) is 41.9. The maximum atomic E-state index is 13.1. The lowest BCUT2D eigenvalue weighted by Crippen LogP contribution is -2.59. The zero-order valence-corrected chi connectivity index (χ0v) is 26.7. The molecule has 242 valence electrons. The molecule has 3 aliphatic heterocycles. The minimum Gasteiger partial charge on any atom is -0.378 e. The van der Waals surface area contributed by atoms with Crippen LogP contribution in [0.15, 0.2) is 54.7 Å². The molecular formula is C35H44N8O3. The van der Waals surface area contributed by atoms with E-state index in [1.165, 1.54) is 18.4 Å². The number of nitrogens with two attached hydrogens (primary N) is 1. The lowest BCUT2D eigenvalue weighted by molar-refractivity contribution is -0.0691. The van der Waals surface area contributed by atoms with Gasteiger partial charge in [0.1, 0.15) is 5.82 Å². The van der Waals surface area contributed by atoms with Crippen LogP contribution < -0.4 is 26.2 Å². The van der Waals surface area contributed by atoms with Crippen LogP contribution in [0, 0.1) is 0 Å². The molecule has 3 atom stereocenters. The highest BCUT2D eigenvalue weighted by Gasteiger charge is 2.33. The highest BCUT2D eigenvalue weighted by atomic mass is 16.5. The smallest absolute Gasteiger partial charge is 0.271 e. The molecule has 1 saturated carbocycles. The highest BCUT2D eigenvalue weighted by molar-refractivity contribution is 5.96. The number of rotatable bonds is 9. The lowest BCUT2D eigenvalue weighted by atomic mass is 9.97. The molecule has 4 aliphatic rings. The van der Waals surface area contributed by atoms with Crippen LogP contribution in [0.1, 0.15) is 71.9 Å². The Kier molecular flexibility index (Phi) is 8.52. The van der Waals surface area contributed by atoms with Gasteiger partial charge in [0.25, 0.3) is 11.8 Å². The Morgan fingerprint density at radius 3 is 2.35 bits per heavy atom. The molecule has 3 saturated heterocycles. The fraction of sp³-hybridized carbons (Fsp3) is 0.486. The van der Waals surface area contributed by atoms with Crippen molar-refractivity contribution in [2.24, 2.45) is 5.73 Å². The zero-order chi connectivity index (χ0) is 31.8. The molecule has 4 fully saturated rings. The third kappa shape index (κ3) is 6.39. The first-order valence-electron chi connectivity index (χ1n) is 16.6. The van der Waals surface area contributed by atoms with E-state index in [9.17, 15) is 9.59 Å². The Morgan fingerprint density at radius 2 is 1.70 bits per heavy atom. The fourth-order valence-electron chi connectivity index (χ4n) is 7.03. The molecule has 1 unspecified atom stereocenters. The minimum atomic E-state index is -0.647. The molecule has 1 aliphatic carbocycles. The van der Waals surface area contributed by atoms with Gasteiger partial charge in [0, 0.05) is 61.2 Å². The van der Waals surface area contributed by atoms with Crippen molar-refractivity contribution in [2.75, 3.05) is 54.5 Å². The van der Waals surface area contributed by atoms with Gasteiger partial charge in [0.2, 0.25) is 0 Å². The molecule has 0 bridgehead atoms. The van der Waals surface area contributed by atoms with Crippen molar-refractivity contribution in [1.29, 1.82) is 0 Å². The molecule has 4 N–H and O–H groups in total. The van der Waals surface area contributed by atoms with Gasteiger partial charge in [-0.2, -0.15) is 0 Å². The molecule has 7 rings (SSSR count). The van der Waals surface area contributed by atoms with Crippen LogP contribution in [0.25, 0.3) is 0 Å². The summed E-state index contributed by atoms with van der Waals surface area (Å²) in [7, 11) is 0. The molecule has 2 amide bonds. The average Bonchev–Trinajstić information content (AvgIpc) is 3.88. The number of hydrogen-bond acceptors (Lipinski definition) is 9. The van der Waals surface area contributed by atoms with Crippen LogP contribution in [0.4, 0.5) is 23.0 Å². The molecule has 46 heavy (non-hydrogen) atoms. The molecule has 11 nitrogen and oxygen atoms in total. The highest BCUT2D eigenvalue weighted by Crippen LogP contribution is 2.40. The Bertz CT molecular complexity index is 1560. The number of ether oxygens (including phenoxy) is 1. The minimum absolute atomic E-state index is 0.0245. The number of aromatic nitrogens is 2. The second-order valence-corrected chi connectivity index (χ2v) is 13.2. The van der Waals surface area contributed by atoms with E-state index >= 15 is 0 Å². The predicted octanol–water partition coefficient (Wildman–Crippen LogP) is 3.89. The van der Waals surface area contributed by atoms with Gasteiger partial charge in [-0.15, -0.1) is 0 Å². The van der Waals surface area contributed by atoms with E-state index in [4.69, 9.17) is 15.5 Å². The largest absolute Gasteiger partial charge is 0.378 e. The molecule has 0 spiro atoms. The van der Waals surface area contributed by atoms with E-state index in [0.29, 0.717) is 35.2 Å². The van der Waals surface area contributed by atoms with Crippen molar-refractivity contribution >= 4 is 34.8 Å². The number of piperazine rings is 1. The first kappa shape index (κ1) is 30.4. The average molecular weight is 625 g/mol. The number of carbonyl (C=O) groups is 2. The summed E-state index contributed by atoms with van der Waals surface area (Å²) >= 11 is 0. The maximum Gasteiger partial charge on any atom is 0.271 e. The van der Waals surface area contributed by atoms with Crippen molar-refractivity contribution in [3.8, 4) is 0 Å².